The number of carbonyl (C=O) groups excluding carboxylic acids is 4. The lowest BCUT2D eigenvalue weighted by Gasteiger charge is -2.22. The number of amides is 3. The molecule has 1 fully saturated rings. The zero-order chi connectivity index (χ0) is 24.4. The van der Waals surface area contributed by atoms with Crippen molar-refractivity contribution in [1.82, 2.24) is 20.0 Å². The van der Waals surface area contributed by atoms with Gasteiger partial charge in [-0.3, -0.25) is 23.9 Å². The molecule has 3 aromatic rings. The molecule has 34 heavy (non-hydrogen) atoms. The second-order valence-corrected chi connectivity index (χ2v) is 8.41. The number of nitrogens with two attached hydrogens (primary N) is 1. The van der Waals surface area contributed by atoms with Crippen LogP contribution in [0.15, 0.2) is 36.4 Å². The molecular weight excluding hydrogens is 465 g/mol. The Hall–Kier alpha value is -3.79. The van der Waals surface area contributed by atoms with E-state index in [1.807, 2.05) is 0 Å². The summed E-state index contributed by atoms with van der Waals surface area (Å²) < 4.78 is 15.4. The van der Waals surface area contributed by atoms with Gasteiger partial charge in [0.2, 0.25) is 11.8 Å². The van der Waals surface area contributed by atoms with E-state index in [9.17, 15) is 23.6 Å². The first kappa shape index (κ1) is 23.4. The normalized spacial score (nSPS) is 13.0. The number of halogens is 2. The molecule has 1 heterocycles. The number of carbonyl (C=O) groups is 4. The number of nitrogens with zero attached hydrogens (tertiary/aromatic N) is 3. The summed E-state index contributed by atoms with van der Waals surface area (Å²) in [5, 5.41) is 7.10. The largest absolute Gasteiger partial charge is 0.364 e. The number of aromatic nitrogens is 2. The van der Waals surface area contributed by atoms with E-state index in [4.69, 9.17) is 17.3 Å². The van der Waals surface area contributed by atoms with Gasteiger partial charge >= 0.3 is 0 Å². The van der Waals surface area contributed by atoms with Gasteiger partial charge in [-0.25, -0.2) is 4.39 Å². The molecular formula is C23H21ClFN5O4. The van der Waals surface area contributed by atoms with Crippen LogP contribution in [-0.2, 0) is 22.7 Å². The molecule has 0 spiro atoms. The van der Waals surface area contributed by atoms with Crippen molar-refractivity contribution in [2.24, 2.45) is 5.73 Å². The number of hydrogen-bond acceptors (Lipinski definition) is 5. The molecule has 4 rings (SSSR count). The summed E-state index contributed by atoms with van der Waals surface area (Å²) in [4.78, 5) is 50.0. The van der Waals surface area contributed by atoms with Crippen LogP contribution in [0.4, 0.5) is 4.39 Å². The highest BCUT2D eigenvalue weighted by molar-refractivity contribution is 6.30. The molecule has 0 atom stereocenters. The predicted molar refractivity (Wildman–Crippen MR) is 122 cm³/mol. The van der Waals surface area contributed by atoms with Gasteiger partial charge in [-0.05, 0) is 37.1 Å². The summed E-state index contributed by atoms with van der Waals surface area (Å²) in [6.45, 7) is -0.497. The maximum Gasteiger partial charge on any atom is 0.269 e. The Morgan fingerprint density at radius 1 is 1.26 bits per heavy atom. The fourth-order valence-corrected chi connectivity index (χ4v) is 3.88. The molecule has 3 N–H and O–H groups in total. The molecule has 3 amide bonds. The van der Waals surface area contributed by atoms with Crippen molar-refractivity contribution in [3.8, 4) is 0 Å². The van der Waals surface area contributed by atoms with E-state index in [-0.39, 0.29) is 47.9 Å². The Morgan fingerprint density at radius 2 is 2.03 bits per heavy atom. The standard InChI is InChI=1S/C23H21ClFN5O4/c24-17-3-1-2-14(21(17)25)9-27-19(32)10-29(15-5-6-15)20(33)11-30-18-7-4-13(12-31)8-16(18)22(28-30)23(26)34/h1-4,7-8,12,15H,5-6,9-11H2,(H2,26,34)(H,27,32). The number of nitrogens with one attached hydrogen (secondary N) is 1. The number of primary amides is 1. The van der Waals surface area contributed by atoms with Crippen LogP contribution in [0.5, 0.6) is 0 Å². The molecule has 11 heteroatoms. The fourth-order valence-electron chi connectivity index (χ4n) is 3.69. The van der Waals surface area contributed by atoms with Gasteiger partial charge in [-0.1, -0.05) is 23.7 Å². The monoisotopic (exact) mass is 485 g/mol. The predicted octanol–water partition coefficient (Wildman–Crippen LogP) is 2.05. The van der Waals surface area contributed by atoms with Gasteiger partial charge in [0.1, 0.15) is 18.6 Å². The van der Waals surface area contributed by atoms with E-state index in [0.29, 0.717) is 22.8 Å². The quantitative estimate of drug-likeness (QED) is 0.448. The smallest absolute Gasteiger partial charge is 0.269 e. The van der Waals surface area contributed by atoms with Crippen LogP contribution in [0, 0.1) is 5.82 Å². The Balaban J connectivity index is 1.48. The van der Waals surface area contributed by atoms with Gasteiger partial charge in [0.25, 0.3) is 5.91 Å². The van der Waals surface area contributed by atoms with Crippen LogP contribution in [0.25, 0.3) is 10.9 Å². The van der Waals surface area contributed by atoms with Crippen LogP contribution in [0.3, 0.4) is 0 Å². The lowest BCUT2D eigenvalue weighted by molar-refractivity contribution is -0.137. The van der Waals surface area contributed by atoms with Crippen LogP contribution < -0.4 is 11.1 Å². The number of rotatable bonds is 9. The van der Waals surface area contributed by atoms with E-state index in [2.05, 4.69) is 10.4 Å². The first-order valence-corrected chi connectivity index (χ1v) is 10.9. The summed E-state index contributed by atoms with van der Waals surface area (Å²) in [5.74, 6) is -2.20. The topological polar surface area (TPSA) is 127 Å². The van der Waals surface area contributed by atoms with Gasteiger partial charge in [-0.2, -0.15) is 5.10 Å². The average Bonchev–Trinajstić information content (AvgIpc) is 3.59. The van der Waals surface area contributed by atoms with E-state index in [1.54, 1.807) is 18.2 Å². The lowest BCUT2D eigenvalue weighted by Crippen LogP contribution is -2.43. The SMILES string of the molecule is NC(=O)c1nn(CC(=O)N(CC(=O)NCc2cccc(Cl)c2F)C2CC2)c2ccc(C=O)cc12. The minimum absolute atomic E-state index is 0.0384. The Kier molecular flexibility index (Phi) is 6.60. The highest BCUT2D eigenvalue weighted by Crippen LogP contribution is 2.27. The second kappa shape index (κ2) is 9.60. The molecule has 1 aliphatic rings. The minimum Gasteiger partial charge on any atom is -0.364 e. The third-order valence-corrected chi connectivity index (χ3v) is 5.85. The van der Waals surface area contributed by atoms with E-state index in [0.717, 1.165) is 12.8 Å². The summed E-state index contributed by atoms with van der Waals surface area (Å²) in [5.41, 5.74) is 6.41. The molecule has 0 saturated heterocycles. The summed E-state index contributed by atoms with van der Waals surface area (Å²) >= 11 is 5.77. The highest BCUT2D eigenvalue weighted by atomic mass is 35.5. The summed E-state index contributed by atoms with van der Waals surface area (Å²) in [6, 6.07) is 9.04. The Bertz CT molecular complexity index is 1300. The van der Waals surface area contributed by atoms with Gasteiger partial charge in [0, 0.05) is 29.1 Å². The molecule has 1 saturated carbocycles. The first-order valence-electron chi connectivity index (χ1n) is 10.5. The number of aldehydes is 1. The average molecular weight is 486 g/mol. The highest BCUT2D eigenvalue weighted by Gasteiger charge is 2.34. The van der Waals surface area contributed by atoms with Crippen molar-refractivity contribution >= 4 is 46.5 Å². The molecule has 9 nitrogen and oxygen atoms in total. The molecule has 2 aromatic carbocycles. The minimum atomic E-state index is -0.786. The number of benzene rings is 2. The Labute approximate surface area is 198 Å². The zero-order valence-electron chi connectivity index (χ0n) is 18.0. The molecule has 1 aromatic heterocycles. The maximum atomic E-state index is 14.0. The van der Waals surface area contributed by atoms with Gasteiger partial charge in [-0.15, -0.1) is 0 Å². The van der Waals surface area contributed by atoms with Crippen LogP contribution in [-0.4, -0.2) is 51.3 Å². The van der Waals surface area contributed by atoms with Crippen LogP contribution in [0.1, 0.15) is 39.3 Å². The fraction of sp³-hybridized carbons (Fsp3) is 0.261. The summed E-state index contributed by atoms with van der Waals surface area (Å²) in [7, 11) is 0. The van der Waals surface area contributed by atoms with E-state index >= 15 is 0 Å². The molecule has 1 aliphatic carbocycles. The number of hydrogen-bond donors (Lipinski definition) is 2. The molecule has 0 bridgehead atoms. The molecule has 176 valence electrons. The first-order chi connectivity index (χ1) is 16.3. The third kappa shape index (κ3) is 4.91. The summed E-state index contributed by atoms with van der Waals surface area (Å²) in [6.07, 6.45) is 2.16. The van der Waals surface area contributed by atoms with Crippen molar-refractivity contribution < 1.29 is 23.6 Å². The van der Waals surface area contributed by atoms with Gasteiger partial charge in [0.15, 0.2) is 5.69 Å². The van der Waals surface area contributed by atoms with E-state index in [1.165, 1.54) is 27.8 Å². The molecule has 0 aliphatic heterocycles. The Morgan fingerprint density at radius 3 is 2.71 bits per heavy atom. The van der Waals surface area contributed by atoms with Crippen molar-refractivity contribution in [1.29, 1.82) is 0 Å². The van der Waals surface area contributed by atoms with Crippen molar-refractivity contribution in [2.75, 3.05) is 6.54 Å². The van der Waals surface area contributed by atoms with Crippen molar-refractivity contribution in [3.63, 3.8) is 0 Å². The molecule has 0 unspecified atom stereocenters. The van der Waals surface area contributed by atoms with Crippen molar-refractivity contribution in [2.45, 2.75) is 32.0 Å². The van der Waals surface area contributed by atoms with Gasteiger partial charge < -0.3 is 16.0 Å². The van der Waals surface area contributed by atoms with E-state index < -0.39 is 17.6 Å². The lowest BCUT2D eigenvalue weighted by atomic mass is 10.1. The second-order valence-electron chi connectivity index (χ2n) is 8.01. The van der Waals surface area contributed by atoms with Crippen LogP contribution in [0.2, 0.25) is 5.02 Å². The van der Waals surface area contributed by atoms with Gasteiger partial charge in [0.05, 0.1) is 17.1 Å². The van der Waals surface area contributed by atoms with Crippen LogP contribution >= 0.6 is 11.6 Å². The number of fused-ring (bicyclic) bond motifs is 1. The zero-order valence-corrected chi connectivity index (χ0v) is 18.7. The van der Waals surface area contributed by atoms with Crippen molar-refractivity contribution in [3.05, 3.63) is 64.1 Å². The third-order valence-electron chi connectivity index (χ3n) is 5.56. The maximum absolute atomic E-state index is 14.0. The molecule has 0 radical (unpaired) electrons.